The van der Waals surface area contributed by atoms with E-state index in [9.17, 15) is 26.4 Å². The number of alkyl halides is 3. The van der Waals surface area contributed by atoms with E-state index in [1.807, 2.05) is 26.0 Å². The molecule has 3 aliphatic carbocycles. The molecule has 1 heterocycles. The second kappa shape index (κ2) is 10.6. The average molecular weight is 599 g/mol. The molecule has 3 N–H and O–H groups in total. The van der Waals surface area contributed by atoms with Gasteiger partial charge >= 0.3 is 6.18 Å². The van der Waals surface area contributed by atoms with E-state index in [1.54, 1.807) is 46.8 Å². The molecule has 2 unspecified atom stereocenters. The lowest BCUT2D eigenvalue weighted by Gasteiger charge is -2.46. The molecule has 2 aromatic rings. The largest absolute Gasteiger partial charge is 0.390 e. The van der Waals surface area contributed by atoms with Crippen molar-refractivity contribution in [2.24, 2.45) is 11.8 Å². The Morgan fingerprint density at radius 1 is 1.07 bits per heavy atom. The van der Waals surface area contributed by atoms with Crippen LogP contribution in [-0.2, 0) is 21.4 Å². The molecule has 7 nitrogen and oxygen atoms in total. The highest BCUT2D eigenvalue weighted by atomic mass is 35.5. The van der Waals surface area contributed by atoms with Gasteiger partial charge < -0.3 is 5.32 Å². The molecule has 2 bridgehead atoms. The molecule has 0 radical (unpaired) electrons. The van der Waals surface area contributed by atoms with Crippen LogP contribution in [0.5, 0.6) is 0 Å². The monoisotopic (exact) mass is 598 g/mol. The molecular formula is C28H34ClF3N4O3S. The number of nitrogens with one attached hydrogen (secondary N) is 3. The normalized spacial score (nSPS) is 29.4. The quantitative estimate of drug-likeness (QED) is 0.397. The summed E-state index contributed by atoms with van der Waals surface area (Å²) in [6.07, 6.45) is -3.72. The van der Waals surface area contributed by atoms with Crippen LogP contribution in [0.4, 0.5) is 13.2 Å². The molecule has 218 valence electrons. The fraction of sp³-hybridized carbons (Fsp3) is 0.536. The van der Waals surface area contributed by atoms with Crippen molar-refractivity contribution in [3.05, 3.63) is 65.2 Å². The summed E-state index contributed by atoms with van der Waals surface area (Å²) in [5, 5.41) is 9.77. The van der Waals surface area contributed by atoms with Crippen molar-refractivity contribution in [1.82, 2.24) is 20.3 Å². The lowest BCUT2D eigenvalue weighted by Crippen LogP contribution is -2.54. The first kappa shape index (κ1) is 29.3. The number of hydrogen-bond acceptors (Lipinski definition) is 5. The van der Waals surface area contributed by atoms with Crippen LogP contribution in [-0.4, -0.2) is 54.6 Å². The Bertz CT molecular complexity index is 1330. The van der Waals surface area contributed by atoms with Gasteiger partial charge in [0.05, 0.1) is 17.5 Å². The molecule has 2 aromatic carbocycles. The Kier molecular flexibility index (Phi) is 7.76. The minimum absolute atomic E-state index is 0.0472. The lowest BCUT2D eigenvalue weighted by molar-refractivity contribution is -0.136. The molecule has 4 aliphatic rings. The highest BCUT2D eigenvalue weighted by Crippen LogP contribution is 2.61. The van der Waals surface area contributed by atoms with Gasteiger partial charge in [-0.25, -0.2) is 8.42 Å². The van der Waals surface area contributed by atoms with Gasteiger partial charge in [0.15, 0.2) is 0 Å². The standard InChI is InChI=1S/C28H34ClF3N4O3S/c1-26(2)23(25(37)33-13-12-28(30,31)32)34-24(35-26)22-16-27(14-19(22)15-27)36(17-18-8-10-20(29)11-9-18)40(38,39)21-6-4-3-5-7-21/h3-11,19,22-24,34-35H,12-17H2,1-2H3,(H,33,37)/t19?,22?,23-,24?,27?/m0/s1. The molecule has 3 atom stereocenters. The third-order valence-electron chi connectivity index (χ3n) is 8.60. The molecule has 1 aliphatic heterocycles. The maximum absolute atomic E-state index is 14.0. The fourth-order valence-corrected chi connectivity index (χ4v) is 8.58. The molecule has 0 aromatic heterocycles. The summed E-state index contributed by atoms with van der Waals surface area (Å²) in [6, 6.07) is 14.8. The molecule has 1 amide bonds. The first-order chi connectivity index (χ1) is 18.7. The Morgan fingerprint density at radius 2 is 1.73 bits per heavy atom. The van der Waals surface area contributed by atoms with Crippen molar-refractivity contribution >= 4 is 27.5 Å². The van der Waals surface area contributed by atoms with Crippen molar-refractivity contribution in [2.75, 3.05) is 6.54 Å². The number of carbonyl (C=O) groups excluding carboxylic acids is 1. The minimum Gasteiger partial charge on any atom is -0.354 e. The summed E-state index contributed by atoms with van der Waals surface area (Å²) in [4.78, 5) is 13.0. The summed E-state index contributed by atoms with van der Waals surface area (Å²) in [7, 11) is -3.83. The van der Waals surface area contributed by atoms with E-state index in [1.165, 1.54) is 0 Å². The zero-order chi connectivity index (χ0) is 28.9. The molecule has 3 saturated carbocycles. The van der Waals surface area contributed by atoms with E-state index in [-0.39, 0.29) is 29.4 Å². The van der Waals surface area contributed by atoms with E-state index in [4.69, 9.17) is 11.6 Å². The summed E-state index contributed by atoms with van der Waals surface area (Å²) in [5.74, 6) is -0.196. The second-order valence-corrected chi connectivity index (χ2v) is 14.1. The van der Waals surface area contributed by atoms with Crippen LogP contribution in [0.3, 0.4) is 0 Å². The van der Waals surface area contributed by atoms with Crippen LogP contribution in [0.1, 0.15) is 45.1 Å². The number of amides is 1. The predicted molar refractivity (Wildman–Crippen MR) is 146 cm³/mol. The summed E-state index contributed by atoms with van der Waals surface area (Å²) < 4.78 is 67.3. The van der Waals surface area contributed by atoms with Crippen molar-refractivity contribution in [2.45, 2.75) is 80.4 Å². The number of hydrogen-bond donors (Lipinski definition) is 3. The van der Waals surface area contributed by atoms with Gasteiger partial charge in [-0.2, -0.15) is 17.5 Å². The van der Waals surface area contributed by atoms with Crippen molar-refractivity contribution in [1.29, 1.82) is 0 Å². The van der Waals surface area contributed by atoms with Gasteiger partial charge in [0, 0.05) is 29.2 Å². The van der Waals surface area contributed by atoms with Gasteiger partial charge in [-0.3, -0.25) is 15.4 Å². The number of fused-ring (bicyclic) bond motifs is 1. The van der Waals surface area contributed by atoms with E-state index in [0.717, 1.165) is 5.56 Å². The maximum Gasteiger partial charge on any atom is 0.390 e. The van der Waals surface area contributed by atoms with Crippen LogP contribution in [0.15, 0.2) is 59.5 Å². The van der Waals surface area contributed by atoms with Crippen LogP contribution in [0.25, 0.3) is 0 Å². The zero-order valence-corrected chi connectivity index (χ0v) is 23.9. The molecule has 12 heteroatoms. The van der Waals surface area contributed by atoms with E-state index in [0.29, 0.717) is 24.3 Å². The Morgan fingerprint density at radius 3 is 2.35 bits per heavy atom. The Labute approximate surface area is 237 Å². The van der Waals surface area contributed by atoms with Gasteiger partial charge in [-0.05, 0) is 74.8 Å². The maximum atomic E-state index is 14.0. The zero-order valence-electron chi connectivity index (χ0n) is 22.3. The second-order valence-electron chi connectivity index (χ2n) is 11.8. The number of rotatable bonds is 9. The summed E-state index contributed by atoms with van der Waals surface area (Å²) in [6.45, 7) is 3.41. The molecule has 4 fully saturated rings. The van der Waals surface area contributed by atoms with Crippen LogP contribution in [0.2, 0.25) is 5.02 Å². The van der Waals surface area contributed by atoms with E-state index < -0.39 is 52.2 Å². The molecular weight excluding hydrogens is 565 g/mol. The SMILES string of the molecule is CC1(C)NC(C2CC3(N(Cc4ccc(Cl)cc4)S(=O)(=O)c4ccccc4)CC2C3)N[C@H]1C(=O)NCCC(F)(F)F. The number of nitrogens with zero attached hydrogens (tertiary/aromatic N) is 1. The highest BCUT2D eigenvalue weighted by molar-refractivity contribution is 7.89. The number of benzene rings is 2. The lowest BCUT2D eigenvalue weighted by atomic mass is 9.75. The molecule has 1 saturated heterocycles. The summed E-state index contributed by atoms with van der Waals surface area (Å²) in [5.41, 5.74) is -0.449. The average Bonchev–Trinajstić information content (AvgIpc) is 3.52. The number of halogens is 4. The van der Waals surface area contributed by atoms with E-state index in [2.05, 4.69) is 16.0 Å². The van der Waals surface area contributed by atoms with Crippen molar-refractivity contribution < 1.29 is 26.4 Å². The van der Waals surface area contributed by atoms with Gasteiger partial charge in [0.2, 0.25) is 15.9 Å². The van der Waals surface area contributed by atoms with E-state index >= 15 is 0 Å². The minimum atomic E-state index is -4.34. The van der Waals surface area contributed by atoms with Crippen LogP contribution < -0.4 is 16.0 Å². The van der Waals surface area contributed by atoms with Crippen molar-refractivity contribution in [3.8, 4) is 0 Å². The van der Waals surface area contributed by atoms with Gasteiger partial charge in [-0.1, -0.05) is 41.9 Å². The topological polar surface area (TPSA) is 90.5 Å². The van der Waals surface area contributed by atoms with Crippen molar-refractivity contribution in [3.63, 3.8) is 0 Å². The van der Waals surface area contributed by atoms with Crippen LogP contribution >= 0.6 is 11.6 Å². The Hall–Kier alpha value is -2.18. The first-order valence-electron chi connectivity index (χ1n) is 13.4. The Balaban J connectivity index is 1.34. The molecule has 0 spiro atoms. The number of sulfonamides is 1. The first-order valence-corrected chi connectivity index (χ1v) is 15.2. The van der Waals surface area contributed by atoms with Gasteiger partial charge in [-0.15, -0.1) is 0 Å². The van der Waals surface area contributed by atoms with Gasteiger partial charge in [0.25, 0.3) is 0 Å². The van der Waals surface area contributed by atoms with Gasteiger partial charge in [0.1, 0.15) is 6.04 Å². The number of carbonyl (C=O) groups is 1. The highest BCUT2D eigenvalue weighted by Gasteiger charge is 2.64. The molecule has 6 rings (SSSR count). The fourth-order valence-electron chi connectivity index (χ4n) is 6.65. The third kappa shape index (κ3) is 5.76. The van der Waals surface area contributed by atoms with Crippen LogP contribution in [0, 0.1) is 11.8 Å². The smallest absolute Gasteiger partial charge is 0.354 e. The summed E-state index contributed by atoms with van der Waals surface area (Å²) >= 11 is 6.07. The third-order valence-corrected chi connectivity index (χ3v) is 10.8. The molecule has 40 heavy (non-hydrogen) atoms. The predicted octanol–water partition coefficient (Wildman–Crippen LogP) is 4.43.